The molecule has 0 aromatic rings. The third-order valence-electron chi connectivity index (χ3n) is 0.839. The largest absolute Gasteiger partial charge is 0.344 e. The van der Waals surface area contributed by atoms with Crippen LogP contribution in [-0.4, -0.2) is 30.5 Å². The van der Waals surface area contributed by atoms with E-state index >= 15 is 0 Å². The minimum atomic E-state index is -4.70. The molecule has 0 bridgehead atoms. The normalized spacial score (nSPS) is 11.7. The minimum absolute atomic E-state index is 0. The van der Waals surface area contributed by atoms with Crippen LogP contribution in [0, 0.1) is 0 Å². The van der Waals surface area contributed by atoms with Crippen LogP contribution in [0.5, 0.6) is 0 Å². The van der Waals surface area contributed by atoms with E-state index in [0.717, 1.165) is 0 Å². The topological polar surface area (TPSA) is 179 Å². The standard InChI is InChI=1S/C2H6O6S2.2H3N/c1-2(9(3,4)5)10(6,7)8;;/h2H,1H3,(H,3,4,5)(H,6,7,8);2*1H3. The van der Waals surface area contributed by atoms with E-state index in [9.17, 15) is 16.8 Å². The molecule has 0 aliphatic rings. The second kappa shape index (κ2) is 4.69. The highest BCUT2D eigenvalue weighted by atomic mass is 32.3. The smallest absolute Gasteiger partial charge is 0.284 e. The maximum Gasteiger partial charge on any atom is 0.284 e. The monoisotopic (exact) mass is 224 g/mol. The van der Waals surface area contributed by atoms with Gasteiger partial charge in [0.1, 0.15) is 0 Å². The van der Waals surface area contributed by atoms with Crippen LogP contribution in [0.25, 0.3) is 0 Å². The predicted octanol–water partition coefficient (Wildman–Crippen LogP) is -0.568. The zero-order chi connectivity index (χ0) is 8.58. The molecule has 10 heteroatoms. The van der Waals surface area contributed by atoms with E-state index in [1.165, 1.54) is 0 Å². The molecule has 78 valence electrons. The maximum absolute atomic E-state index is 9.99. The highest BCUT2D eigenvalue weighted by Gasteiger charge is 2.29. The van der Waals surface area contributed by atoms with Gasteiger partial charge in [0.2, 0.25) is 4.58 Å². The Balaban J connectivity index is -0.000000405. The fourth-order valence-electron chi connectivity index (χ4n) is 0.154. The van der Waals surface area contributed by atoms with Gasteiger partial charge in [-0.25, -0.2) is 0 Å². The Kier molecular flexibility index (Phi) is 6.93. The van der Waals surface area contributed by atoms with E-state index in [1.807, 2.05) is 0 Å². The van der Waals surface area contributed by atoms with Crippen molar-refractivity contribution in [2.45, 2.75) is 11.5 Å². The number of hydrogen-bond acceptors (Lipinski definition) is 6. The van der Waals surface area contributed by atoms with Crippen molar-refractivity contribution in [1.82, 2.24) is 12.3 Å². The van der Waals surface area contributed by atoms with Gasteiger partial charge in [-0.1, -0.05) is 0 Å². The summed E-state index contributed by atoms with van der Waals surface area (Å²) in [4.78, 5) is 0. The van der Waals surface area contributed by atoms with Gasteiger partial charge in [0.25, 0.3) is 20.2 Å². The Morgan fingerprint density at radius 3 is 1.08 bits per heavy atom. The van der Waals surface area contributed by atoms with E-state index in [4.69, 9.17) is 9.11 Å². The maximum atomic E-state index is 9.99. The molecule has 0 amide bonds. The first-order chi connectivity index (χ1) is 4.15. The summed E-state index contributed by atoms with van der Waals surface area (Å²) in [5.41, 5.74) is 0. The molecule has 0 spiro atoms. The zero-order valence-corrected chi connectivity index (χ0v) is 7.97. The zero-order valence-electron chi connectivity index (χ0n) is 6.34. The van der Waals surface area contributed by atoms with Crippen LogP contribution in [0.4, 0.5) is 0 Å². The van der Waals surface area contributed by atoms with Gasteiger partial charge in [0.05, 0.1) is 0 Å². The van der Waals surface area contributed by atoms with Gasteiger partial charge >= 0.3 is 0 Å². The molecule has 0 unspecified atom stereocenters. The molecule has 0 saturated heterocycles. The highest BCUT2D eigenvalue weighted by Crippen LogP contribution is 2.03. The van der Waals surface area contributed by atoms with Crippen molar-refractivity contribution in [3.63, 3.8) is 0 Å². The van der Waals surface area contributed by atoms with Crippen molar-refractivity contribution in [3.05, 3.63) is 0 Å². The molecule has 8 nitrogen and oxygen atoms in total. The molecule has 8 N–H and O–H groups in total. The molecule has 0 radical (unpaired) electrons. The quantitative estimate of drug-likeness (QED) is 0.450. The summed E-state index contributed by atoms with van der Waals surface area (Å²) in [6, 6.07) is 0. The molecule has 0 saturated carbocycles. The molecule has 0 aromatic heterocycles. The van der Waals surface area contributed by atoms with Crippen molar-refractivity contribution >= 4 is 20.2 Å². The Morgan fingerprint density at radius 1 is 0.917 bits per heavy atom. The van der Waals surface area contributed by atoms with Crippen molar-refractivity contribution < 1.29 is 25.9 Å². The number of hydrogen-bond donors (Lipinski definition) is 4. The van der Waals surface area contributed by atoms with Crippen molar-refractivity contribution in [2.75, 3.05) is 0 Å². The van der Waals surface area contributed by atoms with Gasteiger partial charge in [-0.2, -0.15) is 16.8 Å². The summed E-state index contributed by atoms with van der Waals surface area (Å²) < 4.78 is 53.9. The van der Waals surface area contributed by atoms with Crippen molar-refractivity contribution in [3.8, 4) is 0 Å². The summed E-state index contributed by atoms with van der Waals surface area (Å²) in [7, 11) is -9.40. The third-order valence-corrected chi connectivity index (χ3v) is 3.98. The van der Waals surface area contributed by atoms with Crippen LogP contribution in [0.3, 0.4) is 0 Å². The first-order valence-electron chi connectivity index (χ1n) is 2.08. The molecular formula is C2H12N2O6S2. The summed E-state index contributed by atoms with van der Waals surface area (Å²) in [6.45, 7) is 0.657. The first kappa shape index (κ1) is 17.7. The van der Waals surface area contributed by atoms with Crippen LogP contribution >= 0.6 is 0 Å². The van der Waals surface area contributed by atoms with Crippen molar-refractivity contribution in [2.24, 2.45) is 0 Å². The van der Waals surface area contributed by atoms with Crippen LogP contribution in [0.15, 0.2) is 0 Å². The Morgan fingerprint density at radius 2 is 1.08 bits per heavy atom. The Hall–Kier alpha value is -0.260. The lowest BCUT2D eigenvalue weighted by molar-refractivity contribution is 0.458. The van der Waals surface area contributed by atoms with E-state index in [-0.39, 0.29) is 12.3 Å². The molecule has 0 aliphatic heterocycles. The minimum Gasteiger partial charge on any atom is -0.344 e. The molecule has 12 heavy (non-hydrogen) atoms. The summed E-state index contributed by atoms with van der Waals surface area (Å²) in [6.07, 6.45) is 0. The molecule has 0 aliphatic carbocycles. The molecular weight excluding hydrogens is 212 g/mol. The van der Waals surface area contributed by atoms with Gasteiger partial charge in [-0.15, -0.1) is 0 Å². The van der Waals surface area contributed by atoms with Gasteiger partial charge in [-0.3, -0.25) is 9.11 Å². The SMILES string of the molecule is CC(S(=O)(=O)O)S(=O)(=O)O.N.N. The van der Waals surface area contributed by atoms with Gasteiger partial charge in [0.15, 0.2) is 0 Å². The lowest BCUT2D eigenvalue weighted by atomic mass is 11.0. The van der Waals surface area contributed by atoms with Crippen LogP contribution < -0.4 is 12.3 Å². The van der Waals surface area contributed by atoms with Gasteiger partial charge in [0, 0.05) is 0 Å². The molecule has 0 rings (SSSR count). The summed E-state index contributed by atoms with van der Waals surface area (Å²) in [5, 5.41) is 0. The average molecular weight is 224 g/mol. The van der Waals surface area contributed by atoms with E-state index in [0.29, 0.717) is 6.92 Å². The van der Waals surface area contributed by atoms with E-state index in [2.05, 4.69) is 0 Å². The van der Waals surface area contributed by atoms with E-state index in [1.54, 1.807) is 0 Å². The molecule has 0 heterocycles. The summed E-state index contributed by atoms with van der Waals surface area (Å²) in [5.74, 6) is 0. The van der Waals surface area contributed by atoms with Crippen LogP contribution in [0.1, 0.15) is 6.92 Å². The fraction of sp³-hybridized carbons (Fsp3) is 1.00. The number of rotatable bonds is 2. The second-order valence-corrected chi connectivity index (χ2v) is 5.37. The average Bonchev–Trinajstić information content (AvgIpc) is 1.59. The molecule has 0 atom stereocenters. The van der Waals surface area contributed by atoms with Gasteiger partial charge < -0.3 is 12.3 Å². The van der Waals surface area contributed by atoms with Crippen molar-refractivity contribution in [1.29, 1.82) is 0 Å². The lowest BCUT2D eigenvalue weighted by Gasteiger charge is -2.01. The second-order valence-electron chi connectivity index (χ2n) is 1.60. The lowest BCUT2D eigenvalue weighted by Crippen LogP contribution is -2.25. The van der Waals surface area contributed by atoms with Crippen LogP contribution in [0.2, 0.25) is 0 Å². The Bertz CT molecular complexity index is 270. The first-order valence-corrected chi connectivity index (χ1v) is 5.09. The molecule has 0 fully saturated rings. The highest BCUT2D eigenvalue weighted by molar-refractivity contribution is 8.03. The molecule has 0 aromatic carbocycles. The van der Waals surface area contributed by atoms with Crippen LogP contribution in [-0.2, 0) is 20.2 Å². The van der Waals surface area contributed by atoms with Gasteiger partial charge in [-0.05, 0) is 6.92 Å². The predicted molar refractivity (Wildman–Crippen MR) is 42.6 cm³/mol. The summed E-state index contributed by atoms with van der Waals surface area (Å²) >= 11 is 0. The van der Waals surface area contributed by atoms with E-state index < -0.39 is 24.8 Å². The third kappa shape index (κ3) is 5.40. The fourth-order valence-corrected chi connectivity index (χ4v) is 1.38. The Labute approximate surface area is 70.6 Å².